The van der Waals surface area contributed by atoms with Crippen molar-refractivity contribution in [2.24, 2.45) is 5.92 Å². The van der Waals surface area contributed by atoms with Crippen LogP contribution in [0.4, 0.5) is 4.79 Å². The molecule has 1 rings (SSSR count). The van der Waals surface area contributed by atoms with Gasteiger partial charge in [-0.3, -0.25) is 15.0 Å². The van der Waals surface area contributed by atoms with Gasteiger partial charge < -0.3 is 10.6 Å². The van der Waals surface area contributed by atoms with E-state index in [0.717, 1.165) is 26.1 Å². The second-order valence-electron chi connectivity index (χ2n) is 6.17. The third-order valence-electron chi connectivity index (χ3n) is 3.72. The van der Waals surface area contributed by atoms with E-state index in [-0.39, 0.29) is 11.9 Å². The highest BCUT2D eigenvalue weighted by Gasteiger charge is 2.26. The number of imide groups is 1. The third-order valence-corrected chi connectivity index (χ3v) is 3.72. The van der Waals surface area contributed by atoms with E-state index in [2.05, 4.69) is 34.7 Å². The second kappa shape index (κ2) is 9.00. The number of carbonyl (C=O) groups excluding carboxylic acids is 2. The van der Waals surface area contributed by atoms with E-state index in [9.17, 15) is 9.59 Å². The zero-order valence-electron chi connectivity index (χ0n) is 13.7. The first-order valence-corrected chi connectivity index (χ1v) is 8.00. The summed E-state index contributed by atoms with van der Waals surface area (Å²) >= 11 is 0. The summed E-state index contributed by atoms with van der Waals surface area (Å²) in [6, 6.07) is -0.279. The quantitative estimate of drug-likeness (QED) is 0.654. The number of carbonyl (C=O) groups is 2. The SMILES string of the molecule is CCNC(=O)NC(=O)C(C)N(CC(C)C)CC1CCCN1. The summed E-state index contributed by atoms with van der Waals surface area (Å²) < 4.78 is 0. The van der Waals surface area contributed by atoms with E-state index in [0.29, 0.717) is 18.5 Å². The Morgan fingerprint density at radius 3 is 2.57 bits per heavy atom. The molecule has 1 heterocycles. The Morgan fingerprint density at radius 1 is 1.33 bits per heavy atom. The number of nitrogens with zero attached hydrogens (tertiary/aromatic N) is 1. The van der Waals surface area contributed by atoms with Gasteiger partial charge in [0.05, 0.1) is 6.04 Å². The molecular weight excluding hydrogens is 268 g/mol. The lowest BCUT2D eigenvalue weighted by molar-refractivity contribution is -0.125. The molecule has 1 saturated heterocycles. The van der Waals surface area contributed by atoms with Crippen LogP contribution in [-0.4, -0.2) is 55.1 Å². The summed E-state index contributed by atoms with van der Waals surface area (Å²) in [7, 11) is 0. The Kier molecular flexibility index (Phi) is 7.67. The van der Waals surface area contributed by atoms with Crippen LogP contribution in [0.5, 0.6) is 0 Å². The highest BCUT2D eigenvalue weighted by atomic mass is 16.2. The van der Waals surface area contributed by atoms with Crippen molar-refractivity contribution < 1.29 is 9.59 Å². The lowest BCUT2D eigenvalue weighted by atomic mass is 10.1. The zero-order chi connectivity index (χ0) is 15.8. The molecule has 0 aromatic heterocycles. The van der Waals surface area contributed by atoms with E-state index in [1.165, 1.54) is 6.42 Å². The Bertz CT molecular complexity index is 341. The van der Waals surface area contributed by atoms with E-state index in [4.69, 9.17) is 0 Å². The zero-order valence-corrected chi connectivity index (χ0v) is 13.7. The monoisotopic (exact) mass is 298 g/mol. The molecule has 6 heteroatoms. The van der Waals surface area contributed by atoms with Crippen LogP contribution in [-0.2, 0) is 4.79 Å². The predicted molar refractivity (Wildman–Crippen MR) is 84.1 cm³/mol. The predicted octanol–water partition coefficient (Wildman–Crippen LogP) is 0.931. The van der Waals surface area contributed by atoms with Gasteiger partial charge in [-0.05, 0) is 39.2 Å². The number of urea groups is 1. The molecule has 2 atom stereocenters. The van der Waals surface area contributed by atoms with Crippen molar-refractivity contribution in [2.75, 3.05) is 26.2 Å². The molecule has 0 saturated carbocycles. The van der Waals surface area contributed by atoms with Crippen LogP contribution in [0.25, 0.3) is 0 Å². The fourth-order valence-corrected chi connectivity index (χ4v) is 2.64. The van der Waals surface area contributed by atoms with Gasteiger partial charge in [-0.2, -0.15) is 0 Å². The fraction of sp³-hybridized carbons (Fsp3) is 0.867. The molecule has 0 aromatic rings. The van der Waals surface area contributed by atoms with E-state index < -0.39 is 6.03 Å². The van der Waals surface area contributed by atoms with Gasteiger partial charge in [-0.1, -0.05) is 13.8 Å². The third kappa shape index (κ3) is 6.44. The number of hydrogen-bond acceptors (Lipinski definition) is 4. The first-order valence-electron chi connectivity index (χ1n) is 8.00. The van der Waals surface area contributed by atoms with Gasteiger partial charge in [-0.25, -0.2) is 4.79 Å². The van der Waals surface area contributed by atoms with E-state index in [1.807, 2.05) is 13.8 Å². The van der Waals surface area contributed by atoms with E-state index in [1.54, 1.807) is 0 Å². The van der Waals surface area contributed by atoms with Crippen LogP contribution >= 0.6 is 0 Å². The smallest absolute Gasteiger partial charge is 0.321 e. The van der Waals surface area contributed by atoms with Crippen molar-refractivity contribution in [2.45, 2.75) is 52.6 Å². The minimum absolute atomic E-state index is 0.236. The molecule has 122 valence electrons. The Labute approximate surface area is 128 Å². The molecule has 2 unspecified atom stereocenters. The molecule has 1 aliphatic heterocycles. The van der Waals surface area contributed by atoms with Crippen molar-refractivity contribution in [1.82, 2.24) is 20.9 Å². The Morgan fingerprint density at radius 2 is 2.05 bits per heavy atom. The summed E-state index contributed by atoms with van der Waals surface area (Å²) in [5.41, 5.74) is 0. The van der Waals surface area contributed by atoms with Crippen LogP contribution < -0.4 is 16.0 Å². The summed E-state index contributed by atoms with van der Waals surface area (Å²) in [5.74, 6) is 0.241. The molecular formula is C15H30N4O2. The average Bonchev–Trinajstić information content (AvgIpc) is 2.89. The lowest BCUT2D eigenvalue weighted by Gasteiger charge is -2.31. The molecule has 0 spiro atoms. The van der Waals surface area contributed by atoms with Crippen LogP contribution in [0.2, 0.25) is 0 Å². The molecule has 21 heavy (non-hydrogen) atoms. The van der Waals surface area contributed by atoms with Gasteiger partial charge in [0, 0.05) is 25.7 Å². The van der Waals surface area contributed by atoms with Gasteiger partial charge in [0.2, 0.25) is 5.91 Å². The van der Waals surface area contributed by atoms with Gasteiger partial charge in [0.25, 0.3) is 0 Å². The Balaban J connectivity index is 2.57. The van der Waals surface area contributed by atoms with Crippen LogP contribution in [0.3, 0.4) is 0 Å². The molecule has 1 aliphatic rings. The maximum absolute atomic E-state index is 12.2. The van der Waals surface area contributed by atoms with Crippen LogP contribution in [0.1, 0.15) is 40.5 Å². The molecule has 0 aromatic carbocycles. The second-order valence-corrected chi connectivity index (χ2v) is 6.17. The number of nitrogens with one attached hydrogen (secondary N) is 3. The van der Waals surface area contributed by atoms with Crippen molar-refractivity contribution in [3.63, 3.8) is 0 Å². The largest absolute Gasteiger partial charge is 0.338 e. The van der Waals surface area contributed by atoms with Gasteiger partial charge >= 0.3 is 6.03 Å². The maximum Gasteiger partial charge on any atom is 0.321 e. The van der Waals surface area contributed by atoms with Crippen LogP contribution in [0.15, 0.2) is 0 Å². The Hall–Kier alpha value is -1.14. The van der Waals surface area contributed by atoms with Crippen molar-refractivity contribution in [1.29, 1.82) is 0 Å². The molecule has 3 N–H and O–H groups in total. The fourth-order valence-electron chi connectivity index (χ4n) is 2.64. The molecule has 3 amide bonds. The highest BCUT2D eigenvalue weighted by molar-refractivity contribution is 5.96. The number of rotatable bonds is 7. The number of amides is 3. The summed E-state index contributed by atoms with van der Waals surface area (Å²) in [6.07, 6.45) is 2.35. The average molecular weight is 298 g/mol. The molecule has 0 bridgehead atoms. The van der Waals surface area contributed by atoms with Crippen molar-refractivity contribution >= 4 is 11.9 Å². The first-order chi connectivity index (χ1) is 9.93. The van der Waals surface area contributed by atoms with Gasteiger partial charge in [-0.15, -0.1) is 0 Å². The van der Waals surface area contributed by atoms with Gasteiger partial charge in [0.1, 0.15) is 0 Å². The van der Waals surface area contributed by atoms with E-state index >= 15 is 0 Å². The maximum atomic E-state index is 12.2. The minimum Gasteiger partial charge on any atom is -0.338 e. The minimum atomic E-state index is -0.419. The molecule has 1 fully saturated rings. The summed E-state index contributed by atoms with van der Waals surface area (Å²) in [6.45, 7) is 11.2. The number of hydrogen-bond donors (Lipinski definition) is 3. The van der Waals surface area contributed by atoms with Crippen LogP contribution in [0, 0.1) is 5.92 Å². The van der Waals surface area contributed by atoms with Crippen molar-refractivity contribution in [3.8, 4) is 0 Å². The molecule has 0 radical (unpaired) electrons. The summed E-state index contributed by atoms with van der Waals surface area (Å²) in [4.78, 5) is 25.8. The van der Waals surface area contributed by atoms with Gasteiger partial charge in [0.15, 0.2) is 0 Å². The standard InChI is InChI=1S/C15H30N4O2/c1-5-16-15(21)18-14(20)12(4)19(9-11(2)3)10-13-7-6-8-17-13/h11-13,17H,5-10H2,1-4H3,(H2,16,18,20,21). The van der Waals surface area contributed by atoms with Crippen molar-refractivity contribution in [3.05, 3.63) is 0 Å². The normalized spacial score (nSPS) is 19.8. The first kappa shape index (κ1) is 17.9. The highest BCUT2D eigenvalue weighted by Crippen LogP contribution is 2.11. The molecule has 6 nitrogen and oxygen atoms in total. The topological polar surface area (TPSA) is 73.5 Å². The summed E-state index contributed by atoms with van der Waals surface area (Å²) in [5, 5.41) is 8.45. The molecule has 0 aliphatic carbocycles. The lowest BCUT2D eigenvalue weighted by Crippen LogP contribution is -2.52.